The van der Waals surface area contributed by atoms with Gasteiger partial charge in [0.25, 0.3) is 11.8 Å². The van der Waals surface area contributed by atoms with Crippen molar-refractivity contribution in [1.82, 2.24) is 26.6 Å². The highest BCUT2D eigenvalue weighted by Gasteiger charge is 2.34. The summed E-state index contributed by atoms with van der Waals surface area (Å²) in [5.74, 6) is -10.0. The number of amides is 6. The van der Waals surface area contributed by atoms with Gasteiger partial charge in [0.05, 0.1) is 35.2 Å². The minimum absolute atomic E-state index is 0.0805. The van der Waals surface area contributed by atoms with Crippen LogP contribution in [0.15, 0.2) is 84.9 Å². The lowest BCUT2D eigenvalue weighted by Gasteiger charge is -2.24. The number of carboxylic acid groups (broad SMARTS) is 1. The number of carbonyl (C=O) groups excluding carboxylic acids is 7. The Hall–Kier alpha value is -6.43. The molecule has 0 fully saturated rings. The molecule has 0 bridgehead atoms. The van der Waals surface area contributed by atoms with Crippen molar-refractivity contribution in [2.45, 2.75) is 57.3 Å². The topological polar surface area (TPSA) is 277 Å². The van der Waals surface area contributed by atoms with E-state index >= 15 is 0 Å². The van der Waals surface area contributed by atoms with Crippen LogP contribution in [0.5, 0.6) is 0 Å². The quantitative estimate of drug-likeness (QED) is 0.0703. The standard InChI is InChI=1S/C38H44N6O11S/c1-3-12-28(32(46)37(51)40-21-30(45)44-31(33(39)47)25-15-8-5-9-16-25)42-36(50)29(22-56(54,55)20-19-24-13-6-4-7-14-24)43-34(48)23(2)41-35(49)26-17-10-11-18-27(26)38(52)53/h4-11,13-18,23,28-29,31H,3,12,19-22H2,1-2H3,(H2,39,47)(H,40,51)(H,41,49)(H,42,50)(H,43,48)(H,44,45)(H,52,53)/t23-,28?,29-,31-/m0/s1. The summed E-state index contributed by atoms with van der Waals surface area (Å²) < 4.78 is 26.6. The molecule has 0 heterocycles. The van der Waals surface area contributed by atoms with Gasteiger partial charge in [-0.15, -0.1) is 0 Å². The Labute approximate surface area is 323 Å². The Morgan fingerprint density at radius 2 is 1.30 bits per heavy atom. The molecule has 0 saturated heterocycles. The number of rotatable bonds is 21. The average Bonchev–Trinajstić information content (AvgIpc) is 3.17. The summed E-state index contributed by atoms with van der Waals surface area (Å²) >= 11 is 0. The van der Waals surface area contributed by atoms with Gasteiger partial charge in [0, 0.05) is 0 Å². The fraction of sp³-hybridized carbons (Fsp3) is 0.316. The molecule has 0 saturated carbocycles. The highest BCUT2D eigenvalue weighted by Crippen LogP contribution is 2.12. The van der Waals surface area contributed by atoms with Crippen LogP contribution in [0.3, 0.4) is 0 Å². The molecule has 0 aliphatic rings. The molecule has 4 atom stereocenters. The largest absolute Gasteiger partial charge is 0.478 e. The zero-order valence-corrected chi connectivity index (χ0v) is 31.5. The van der Waals surface area contributed by atoms with Crippen LogP contribution in [0, 0.1) is 0 Å². The molecule has 1 unspecified atom stereocenters. The number of hydrogen-bond acceptors (Lipinski definition) is 10. The third-order valence-corrected chi connectivity index (χ3v) is 9.97. The van der Waals surface area contributed by atoms with Crippen LogP contribution in [0.25, 0.3) is 0 Å². The molecule has 298 valence electrons. The molecule has 0 spiro atoms. The van der Waals surface area contributed by atoms with Crippen molar-refractivity contribution >= 4 is 57.0 Å². The van der Waals surface area contributed by atoms with Crippen LogP contribution < -0.4 is 32.3 Å². The van der Waals surface area contributed by atoms with Gasteiger partial charge in [0.2, 0.25) is 29.4 Å². The van der Waals surface area contributed by atoms with E-state index < -0.39 is 99.3 Å². The van der Waals surface area contributed by atoms with Crippen molar-refractivity contribution in [2.24, 2.45) is 5.73 Å². The minimum atomic E-state index is -4.09. The van der Waals surface area contributed by atoms with Gasteiger partial charge in [-0.05, 0) is 43.0 Å². The molecule has 17 nitrogen and oxygen atoms in total. The van der Waals surface area contributed by atoms with Crippen LogP contribution in [0.1, 0.15) is 64.6 Å². The number of ketones is 1. The van der Waals surface area contributed by atoms with E-state index in [1.807, 2.05) is 0 Å². The molecule has 0 aliphatic heterocycles. The van der Waals surface area contributed by atoms with Crippen LogP contribution in [0.4, 0.5) is 0 Å². The number of hydrogen-bond donors (Lipinski definition) is 7. The van der Waals surface area contributed by atoms with Gasteiger partial charge >= 0.3 is 5.97 Å². The Kier molecular flexibility index (Phi) is 16.4. The molecule has 0 aromatic heterocycles. The van der Waals surface area contributed by atoms with E-state index in [0.29, 0.717) is 11.1 Å². The number of Topliss-reactive ketones (excluding diaryl/α,β-unsaturated/α-hetero) is 1. The monoisotopic (exact) mass is 792 g/mol. The average molecular weight is 793 g/mol. The lowest BCUT2D eigenvalue weighted by Crippen LogP contribution is -2.58. The smallest absolute Gasteiger partial charge is 0.336 e. The maximum absolute atomic E-state index is 13.7. The maximum atomic E-state index is 13.7. The molecule has 0 aliphatic carbocycles. The molecule has 6 amide bonds. The highest BCUT2D eigenvalue weighted by atomic mass is 32.2. The Morgan fingerprint density at radius 1 is 0.732 bits per heavy atom. The van der Waals surface area contributed by atoms with Gasteiger partial charge in [-0.1, -0.05) is 86.1 Å². The first-order valence-corrected chi connectivity index (χ1v) is 19.3. The normalized spacial score (nSPS) is 13.1. The Bertz CT molecular complexity index is 2030. The molecule has 8 N–H and O–H groups in total. The van der Waals surface area contributed by atoms with Crippen molar-refractivity contribution in [1.29, 1.82) is 0 Å². The van der Waals surface area contributed by atoms with Crippen LogP contribution >= 0.6 is 0 Å². The first-order chi connectivity index (χ1) is 26.5. The summed E-state index contributed by atoms with van der Waals surface area (Å²) in [5.41, 5.74) is 5.90. The molecule has 3 aromatic carbocycles. The second kappa shape index (κ2) is 20.9. The van der Waals surface area contributed by atoms with E-state index in [2.05, 4.69) is 26.6 Å². The number of carboxylic acids is 1. The molecule has 18 heteroatoms. The number of sulfone groups is 1. The molecular weight excluding hydrogens is 749 g/mol. The number of carbonyl (C=O) groups is 8. The number of nitrogens with two attached hydrogens (primary N) is 1. The first-order valence-electron chi connectivity index (χ1n) is 17.5. The molecule has 56 heavy (non-hydrogen) atoms. The van der Waals surface area contributed by atoms with Crippen LogP contribution in [-0.2, 0) is 45.0 Å². The van der Waals surface area contributed by atoms with Crippen LogP contribution in [-0.4, -0.2) is 96.9 Å². The van der Waals surface area contributed by atoms with E-state index in [0.717, 1.165) is 0 Å². The summed E-state index contributed by atoms with van der Waals surface area (Å²) in [5, 5.41) is 20.9. The minimum Gasteiger partial charge on any atom is -0.478 e. The van der Waals surface area contributed by atoms with Gasteiger partial charge in [-0.2, -0.15) is 0 Å². The van der Waals surface area contributed by atoms with Gasteiger partial charge in [-0.3, -0.25) is 33.6 Å². The molecular formula is C38H44N6O11S. The summed E-state index contributed by atoms with van der Waals surface area (Å²) in [6.45, 7) is 2.13. The SMILES string of the molecule is CCCC(NC(=O)[C@H](CS(=O)(=O)CCc1ccccc1)NC(=O)[C@H](C)NC(=O)c1ccccc1C(=O)O)C(=O)C(=O)NCC(=O)N[C@H](C(N)=O)c1ccccc1. The Morgan fingerprint density at radius 3 is 1.89 bits per heavy atom. The van der Waals surface area contributed by atoms with E-state index in [-0.39, 0.29) is 30.4 Å². The zero-order valence-electron chi connectivity index (χ0n) is 30.7. The lowest BCUT2D eigenvalue weighted by atomic mass is 10.1. The lowest BCUT2D eigenvalue weighted by molar-refractivity contribution is -0.141. The second-order valence-corrected chi connectivity index (χ2v) is 14.9. The van der Waals surface area contributed by atoms with Gasteiger partial charge < -0.3 is 37.4 Å². The van der Waals surface area contributed by atoms with Crippen LogP contribution in [0.2, 0.25) is 0 Å². The van der Waals surface area contributed by atoms with Crippen molar-refractivity contribution < 1.29 is 51.9 Å². The van der Waals surface area contributed by atoms with Crippen molar-refractivity contribution in [3.05, 3.63) is 107 Å². The fourth-order valence-corrected chi connectivity index (χ4v) is 6.81. The predicted molar refractivity (Wildman–Crippen MR) is 202 cm³/mol. The van der Waals surface area contributed by atoms with E-state index in [1.54, 1.807) is 67.6 Å². The van der Waals surface area contributed by atoms with Crippen molar-refractivity contribution in [2.75, 3.05) is 18.1 Å². The molecule has 3 rings (SSSR count). The van der Waals surface area contributed by atoms with Gasteiger partial charge in [0.1, 0.15) is 18.1 Å². The predicted octanol–water partition coefficient (Wildman–Crippen LogP) is -0.0416. The fourth-order valence-electron chi connectivity index (χ4n) is 5.35. The third-order valence-electron chi connectivity index (χ3n) is 8.31. The summed E-state index contributed by atoms with van der Waals surface area (Å²) in [4.78, 5) is 102. The summed E-state index contributed by atoms with van der Waals surface area (Å²) in [7, 11) is -4.09. The number of primary amides is 1. The van der Waals surface area contributed by atoms with E-state index in [1.165, 1.54) is 31.2 Å². The summed E-state index contributed by atoms with van der Waals surface area (Å²) in [6.07, 6.45) is 0.241. The number of aromatic carboxylic acids is 1. The Balaban J connectivity index is 1.75. The van der Waals surface area contributed by atoms with Crippen molar-refractivity contribution in [3.63, 3.8) is 0 Å². The van der Waals surface area contributed by atoms with E-state index in [9.17, 15) is 51.9 Å². The zero-order chi connectivity index (χ0) is 41.4. The maximum Gasteiger partial charge on any atom is 0.336 e. The number of benzene rings is 3. The van der Waals surface area contributed by atoms with Gasteiger partial charge in [-0.25, -0.2) is 13.2 Å². The highest BCUT2D eigenvalue weighted by molar-refractivity contribution is 7.91. The number of aryl methyl sites for hydroxylation is 1. The third kappa shape index (κ3) is 13.5. The van der Waals surface area contributed by atoms with Gasteiger partial charge in [0.15, 0.2) is 9.84 Å². The molecule has 0 radical (unpaired) electrons. The van der Waals surface area contributed by atoms with Crippen molar-refractivity contribution in [3.8, 4) is 0 Å². The summed E-state index contributed by atoms with van der Waals surface area (Å²) in [6, 6.07) is 15.9. The first kappa shape index (κ1) is 44.0. The van der Waals surface area contributed by atoms with E-state index in [4.69, 9.17) is 5.73 Å². The molecule has 3 aromatic rings. The number of nitrogens with one attached hydrogen (secondary N) is 5. The second-order valence-electron chi connectivity index (χ2n) is 12.7.